The quantitative estimate of drug-likeness (QED) is 0.751. The molecular formula is C13H18N2O3. The van der Waals surface area contributed by atoms with Gasteiger partial charge in [-0.25, -0.2) is 4.79 Å². The number of hydrogen-bond acceptors (Lipinski definition) is 4. The molecule has 0 atom stereocenters. The number of ether oxygens (including phenoxy) is 1. The van der Waals surface area contributed by atoms with Crippen LogP contribution in [0.5, 0.6) is 0 Å². The van der Waals surface area contributed by atoms with E-state index in [1.54, 1.807) is 25.2 Å². The van der Waals surface area contributed by atoms with E-state index in [4.69, 9.17) is 4.74 Å². The van der Waals surface area contributed by atoms with Crippen LogP contribution in [0.4, 0.5) is 16.2 Å². The number of carbonyl (C=O) groups excluding carboxylic acids is 1. The number of hydrogen-bond donors (Lipinski definition) is 0. The van der Waals surface area contributed by atoms with E-state index in [9.17, 15) is 9.70 Å². The van der Waals surface area contributed by atoms with Crippen molar-refractivity contribution in [3.8, 4) is 0 Å². The predicted octanol–water partition coefficient (Wildman–Crippen LogP) is 3.76. The molecule has 18 heavy (non-hydrogen) atoms. The average molecular weight is 250 g/mol. The Kier molecular flexibility index (Phi) is 4.06. The Hall–Kier alpha value is -1.91. The highest BCUT2D eigenvalue weighted by atomic mass is 16.6. The maximum Gasteiger partial charge on any atom is 0.414 e. The van der Waals surface area contributed by atoms with Crippen LogP contribution in [-0.2, 0) is 4.74 Å². The minimum atomic E-state index is -0.538. The van der Waals surface area contributed by atoms with Gasteiger partial charge in [0.15, 0.2) is 0 Å². The number of anilines is 1. The highest BCUT2D eigenvalue weighted by Gasteiger charge is 2.21. The Balaban J connectivity index is 2.93. The zero-order valence-electron chi connectivity index (χ0n) is 11.4. The van der Waals surface area contributed by atoms with Gasteiger partial charge in [-0.3, -0.25) is 4.90 Å². The molecular weight excluding hydrogens is 232 g/mol. The zero-order chi connectivity index (χ0) is 13.9. The number of nitroso groups, excluding NO2 is 1. The van der Waals surface area contributed by atoms with Gasteiger partial charge in [0.1, 0.15) is 11.3 Å². The van der Waals surface area contributed by atoms with E-state index in [1.807, 2.05) is 27.7 Å². The van der Waals surface area contributed by atoms with Crippen LogP contribution in [0.2, 0.25) is 0 Å². The number of rotatable bonds is 2. The van der Waals surface area contributed by atoms with Gasteiger partial charge in [0.2, 0.25) is 0 Å². The van der Waals surface area contributed by atoms with Gasteiger partial charge in [-0.2, -0.15) is 0 Å². The average Bonchev–Trinajstić information content (AvgIpc) is 2.25. The van der Waals surface area contributed by atoms with E-state index in [0.717, 1.165) is 5.56 Å². The van der Waals surface area contributed by atoms with Gasteiger partial charge in [0.05, 0.1) is 0 Å². The molecule has 5 nitrogen and oxygen atoms in total. The van der Waals surface area contributed by atoms with Crippen LogP contribution < -0.4 is 4.90 Å². The molecule has 1 amide bonds. The molecule has 0 spiro atoms. The Labute approximate surface area is 107 Å². The fourth-order valence-corrected chi connectivity index (χ4v) is 1.50. The minimum absolute atomic E-state index is 0.342. The van der Waals surface area contributed by atoms with E-state index in [2.05, 4.69) is 5.18 Å². The van der Waals surface area contributed by atoms with Gasteiger partial charge in [-0.1, -0.05) is 0 Å². The summed E-state index contributed by atoms with van der Waals surface area (Å²) in [5.74, 6) is 0. The Morgan fingerprint density at radius 2 is 1.94 bits per heavy atom. The van der Waals surface area contributed by atoms with Crippen molar-refractivity contribution in [3.63, 3.8) is 0 Å². The largest absolute Gasteiger partial charge is 0.443 e. The van der Waals surface area contributed by atoms with Crippen LogP contribution in [0.15, 0.2) is 23.4 Å². The Morgan fingerprint density at radius 3 is 2.39 bits per heavy atom. The first-order valence-corrected chi connectivity index (χ1v) is 5.65. The number of nitrogens with zero attached hydrogens (tertiary/aromatic N) is 2. The standard InChI is InChI=1S/C13H18N2O3/c1-9-8-10(14-17)6-7-11(9)15(5)12(16)18-13(2,3)4/h6-8H,1-5H3. The Bertz CT molecular complexity index is 464. The Morgan fingerprint density at radius 1 is 1.33 bits per heavy atom. The van der Waals surface area contributed by atoms with Gasteiger partial charge >= 0.3 is 6.09 Å². The van der Waals surface area contributed by atoms with Crippen LogP contribution in [0.1, 0.15) is 26.3 Å². The number of carbonyl (C=O) groups is 1. The summed E-state index contributed by atoms with van der Waals surface area (Å²) < 4.78 is 5.27. The van der Waals surface area contributed by atoms with Crippen LogP contribution in [0.3, 0.4) is 0 Å². The summed E-state index contributed by atoms with van der Waals surface area (Å²) in [6.07, 6.45) is -0.433. The first-order chi connectivity index (χ1) is 8.24. The normalized spacial score (nSPS) is 10.9. The summed E-state index contributed by atoms with van der Waals surface area (Å²) in [5.41, 5.74) is 1.29. The highest BCUT2D eigenvalue weighted by Crippen LogP contribution is 2.25. The number of amides is 1. The molecule has 0 radical (unpaired) electrons. The first kappa shape index (κ1) is 14.2. The second-order valence-corrected chi connectivity index (χ2v) is 5.10. The van der Waals surface area contributed by atoms with Crippen molar-refractivity contribution in [2.24, 2.45) is 5.18 Å². The molecule has 0 fully saturated rings. The van der Waals surface area contributed by atoms with Gasteiger partial charge < -0.3 is 4.74 Å². The lowest BCUT2D eigenvalue weighted by molar-refractivity contribution is 0.0589. The van der Waals surface area contributed by atoms with Crippen LogP contribution >= 0.6 is 0 Å². The lowest BCUT2D eigenvalue weighted by atomic mass is 10.1. The SMILES string of the molecule is Cc1cc(N=O)ccc1N(C)C(=O)OC(C)(C)C. The lowest BCUT2D eigenvalue weighted by Crippen LogP contribution is -2.34. The van der Waals surface area contributed by atoms with Gasteiger partial charge in [0, 0.05) is 12.7 Å². The third-order valence-corrected chi connectivity index (χ3v) is 2.31. The van der Waals surface area contributed by atoms with Crippen molar-refractivity contribution in [1.82, 2.24) is 0 Å². The predicted molar refractivity (Wildman–Crippen MR) is 71.3 cm³/mol. The molecule has 0 bridgehead atoms. The second kappa shape index (κ2) is 5.16. The van der Waals surface area contributed by atoms with Crippen LogP contribution in [0, 0.1) is 11.8 Å². The molecule has 0 aliphatic rings. The summed E-state index contributed by atoms with van der Waals surface area (Å²) in [6, 6.07) is 4.87. The molecule has 98 valence electrons. The third-order valence-electron chi connectivity index (χ3n) is 2.31. The molecule has 1 aromatic rings. The second-order valence-electron chi connectivity index (χ2n) is 5.10. The molecule has 1 aromatic carbocycles. The van der Waals surface area contributed by atoms with E-state index in [0.29, 0.717) is 11.4 Å². The molecule has 0 aromatic heterocycles. The maximum atomic E-state index is 11.9. The number of aryl methyl sites for hydroxylation is 1. The van der Waals surface area contributed by atoms with E-state index in [1.165, 1.54) is 4.90 Å². The fourth-order valence-electron chi connectivity index (χ4n) is 1.50. The molecule has 0 saturated carbocycles. The van der Waals surface area contributed by atoms with E-state index in [-0.39, 0.29) is 0 Å². The molecule has 0 heterocycles. The molecule has 0 aliphatic carbocycles. The third kappa shape index (κ3) is 3.55. The monoisotopic (exact) mass is 250 g/mol. The summed E-state index contributed by atoms with van der Waals surface area (Å²) in [7, 11) is 1.63. The summed E-state index contributed by atoms with van der Waals surface area (Å²) in [6.45, 7) is 7.24. The van der Waals surface area contributed by atoms with Gasteiger partial charge in [-0.05, 0) is 56.6 Å². The van der Waals surface area contributed by atoms with Gasteiger partial charge in [-0.15, -0.1) is 4.91 Å². The molecule has 0 aliphatic heterocycles. The first-order valence-electron chi connectivity index (χ1n) is 5.65. The summed E-state index contributed by atoms with van der Waals surface area (Å²) in [4.78, 5) is 23.7. The lowest BCUT2D eigenvalue weighted by Gasteiger charge is -2.25. The fraction of sp³-hybridized carbons (Fsp3) is 0.462. The van der Waals surface area contributed by atoms with Gasteiger partial charge in [0.25, 0.3) is 0 Å². The smallest absolute Gasteiger partial charge is 0.414 e. The van der Waals surface area contributed by atoms with Crippen molar-refractivity contribution in [2.45, 2.75) is 33.3 Å². The van der Waals surface area contributed by atoms with Crippen LogP contribution in [-0.4, -0.2) is 18.7 Å². The van der Waals surface area contributed by atoms with Crippen molar-refractivity contribution < 1.29 is 9.53 Å². The van der Waals surface area contributed by atoms with Crippen molar-refractivity contribution in [3.05, 3.63) is 28.7 Å². The summed E-state index contributed by atoms with van der Waals surface area (Å²) in [5, 5.41) is 2.85. The zero-order valence-corrected chi connectivity index (χ0v) is 11.4. The van der Waals surface area contributed by atoms with Crippen molar-refractivity contribution in [1.29, 1.82) is 0 Å². The summed E-state index contributed by atoms with van der Waals surface area (Å²) >= 11 is 0. The van der Waals surface area contributed by atoms with Crippen LogP contribution in [0.25, 0.3) is 0 Å². The van der Waals surface area contributed by atoms with E-state index < -0.39 is 11.7 Å². The molecule has 1 rings (SSSR count). The minimum Gasteiger partial charge on any atom is -0.443 e. The number of benzene rings is 1. The highest BCUT2D eigenvalue weighted by molar-refractivity contribution is 5.88. The van der Waals surface area contributed by atoms with Crippen molar-refractivity contribution in [2.75, 3.05) is 11.9 Å². The molecule has 0 unspecified atom stereocenters. The molecule has 0 N–H and O–H groups in total. The topological polar surface area (TPSA) is 59.0 Å². The maximum absolute atomic E-state index is 11.9. The van der Waals surface area contributed by atoms with Crippen molar-refractivity contribution >= 4 is 17.5 Å². The molecule has 0 saturated heterocycles. The van der Waals surface area contributed by atoms with E-state index >= 15 is 0 Å². The molecule has 5 heteroatoms.